The number of carbonyl (C=O) groups excluding carboxylic acids is 1. The summed E-state index contributed by atoms with van der Waals surface area (Å²) in [5, 5.41) is 0. The average molecular weight is 301 g/mol. The summed E-state index contributed by atoms with van der Waals surface area (Å²) < 4.78 is 14.3. The van der Waals surface area contributed by atoms with Gasteiger partial charge in [-0.15, -0.1) is 0 Å². The number of hydrogen-bond acceptors (Lipinski definition) is 6. The van der Waals surface area contributed by atoms with Gasteiger partial charge in [0, 0.05) is 13.0 Å². The fourth-order valence-corrected chi connectivity index (χ4v) is 2.69. The van der Waals surface area contributed by atoms with Crippen molar-refractivity contribution >= 4 is 23.9 Å². The van der Waals surface area contributed by atoms with Gasteiger partial charge in [0.25, 0.3) is 0 Å². The van der Waals surface area contributed by atoms with Crippen molar-refractivity contribution in [2.45, 2.75) is 45.3 Å². The minimum absolute atomic E-state index is 0.0615. The number of ether oxygens (including phenoxy) is 2. The van der Waals surface area contributed by atoms with E-state index in [1.54, 1.807) is 16.8 Å². The molecule has 1 amide bonds. The Hall–Kier alpha value is -0.950. The second-order valence-electron chi connectivity index (χ2n) is 5.94. The maximum atomic E-state index is 12.0. The fourth-order valence-electron chi connectivity index (χ4n) is 2.07. The summed E-state index contributed by atoms with van der Waals surface area (Å²) >= 11 is 1.60. The van der Waals surface area contributed by atoms with Crippen molar-refractivity contribution in [2.75, 3.05) is 25.6 Å². The highest BCUT2D eigenvalue weighted by atomic mass is 32.2. The van der Waals surface area contributed by atoms with Crippen LogP contribution >= 0.6 is 11.9 Å². The SMILES string of the molecule is CC(C)(C)OC(=O)N1CCO[C@H](CCC2=NCSN2)C1. The van der Waals surface area contributed by atoms with Gasteiger partial charge in [-0.3, -0.25) is 4.99 Å². The minimum Gasteiger partial charge on any atom is -0.444 e. The molecule has 0 radical (unpaired) electrons. The predicted octanol–water partition coefficient (Wildman–Crippen LogP) is 2.01. The normalized spacial score (nSPS) is 23.2. The van der Waals surface area contributed by atoms with Crippen molar-refractivity contribution in [2.24, 2.45) is 4.99 Å². The first-order valence-electron chi connectivity index (χ1n) is 6.95. The van der Waals surface area contributed by atoms with E-state index < -0.39 is 5.60 Å². The van der Waals surface area contributed by atoms with E-state index in [0.717, 1.165) is 24.6 Å². The van der Waals surface area contributed by atoms with Gasteiger partial charge in [-0.2, -0.15) is 0 Å². The largest absolute Gasteiger partial charge is 0.444 e. The van der Waals surface area contributed by atoms with E-state index in [1.807, 2.05) is 20.8 Å². The highest BCUT2D eigenvalue weighted by molar-refractivity contribution is 7.98. The van der Waals surface area contributed by atoms with Crippen molar-refractivity contribution in [1.82, 2.24) is 9.62 Å². The lowest BCUT2D eigenvalue weighted by atomic mass is 10.1. The first-order chi connectivity index (χ1) is 9.44. The molecule has 0 aliphatic carbocycles. The van der Waals surface area contributed by atoms with Crippen LogP contribution in [-0.4, -0.2) is 54.1 Å². The van der Waals surface area contributed by atoms with Crippen LogP contribution in [0, 0.1) is 0 Å². The molecule has 114 valence electrons. The summed E-state index contributed by atoms with van der Waals surface area (Å²) in [6.45, 7) is 7.40. The monoisotopic (exact) mass is 301 g/mol. The van der Waals surface area contributed by atoms with Crippen LogP contribution in [0.5, 0.6) is 0 Å². The smallest absolute Gasteiger partial charge is 0.410 e. The standard InChI is InChI=1S/C13H23N3O3S/c1-13(2,3)19-12(17)16-6-7-18-10(8-16)4-5-11-14-9-20-15-11/h10H,4-9H2,1-3H3,(H,14,15)/t10-/m1/s1. The molecule has 0 bridgehead atoms. The second-order valence-corrected chi connectivity index (χ2v) is 6.69. The summed E-state index contributed by atoms with van der Waals surface area (Å²) in [6, 6.07) is 0. The first-order valence-corrected chi connectivity index (χ1v) is 7.93. The number of nitrogens with one attached hydrogen (secondary N) is 1. The van der Waals surface area contributed by atoms with Gasteiger partial charge < -0.3 is 19.1 Å². The lowest BCUT2D eigenvalue weighted by Gasteiger charge is -2.34. The number of rotatable bonds is 3. The Balaban J connectivity index is 1.77. The van der Waals surface area contributed by atoms with Crippen LogP contribution in [-0.2, 0) is 9.47 Å². The highest BCUT2D eigenvalue weighted by Gasteiger charge is 2.28. The molecule has 0 aromatic rings. The zero-order valence-electron chi connectivity index (χ0n) is 12.3. The van der Waals surface area contributed by atoms with Crippen LogP contribution in [0.1, 0.15) is 33.6 Å². The Bertz CT molecular complexity index is 382. The van der Waals surface area contributed by atoms with Gasteiger partial charge in [0.1, 0.15) is 17.3 Å². The van der Waals surface area contributed by atoms with E-state index in [-0.39, 0.29) is 12.2 Å². The van der Waals surface area contributed by atoms with E-state index in [2.05, 4.69) is 9.71 Å². The van der Waals surface area contributed by atoms with Crippen LogP contribution in [0.2, 0.25) is 0 Å². The van der Waals surface area contributed by atoms with Crippen molar-refractivity contribution in [3.8, 4) is 0 Å². The number of aliphatic imine (C=N–C) groups is 1. The van der Waals surface area contributed by atoms with Crippen molar-refractivity contribution in [3.05, 3.63) is 0 Å². The summed E-state index contributed by atoms with van der Waals surface area (Å²) in [4.78, 5) is 18.1. The maximum absolute atomic E-state index is 12.0. The van der Waals surface area contributed by atoms with E-state index in [0.29, 0.717) is 19.7 Å². The molecule has 0 unspecified atom stereocenters. The molecule has 2 rings (SSSR count). The van der Waals surface area contributed by atoms with Gasteiger partial charge in [-0.25, -0.2) is 4.79 Å². The third-order valence-corrected chi connectivity index (χ3v) is 3.64. The molecule has 2 aliphatic heterocycles. The van der Waals surface area contributed by atoms with Gasteiger partial charge in [0.2, 0.25) is 0 Å². The van der Waals surface area contributed by atoms with Crippen LogP contribution in [0.25, 0.3) is 0 Å². The van der Waals surface area contributed by atoms with Crippen LogP contribution in [0.15, 0.2) is 4.99 Å². The lowest BCUT2D eigenvalue weighted by molar-refractivity contribution is -0.0437. The van der Waals surface area contributed by atoms with Crippen molar-refractivity contribution in [1.29, 1.82) is 0 Å². The molecule has 0 aromatic carbocycles. The third-order valence-electron chi connectivity index (χ3n) is 3.00. The molecule has 1 atom stereocenters. The molecule has 2 heterocycles. The van der Waals surface area contributed by atoms with Gasteiger partial charge in [0.15, 0.2) is 0 Å². The molecular formula is C13H23N3O3S. The van der Waals surface area contributed by atoms with Crippen LogP contribution in [0.4, 0.5) is 4.79 Å². The minimum atomic E-state index is -0.454. The van der Waals surface area contributed by atoms with Crippen molar-refractivity contribution in [3.63, 3.8) is 0 Å². The Morgan fingerprint density at radius 2 is 2.40 bits per heavy atom. The Labute approximate surface area is 124 Å². The second kappa shape index (κ2) is 6.67. The molecule has 7 heteroatoms. The van der Waals surface area contributed by atoms with Gasteiger partial charge >= 0.3 is 6.09 Å². The Morgan fingerprint density at radius 3 is 3.05 bits per heavy atom. The molecule has 6 nitrogen and oxygen atoms in total. The molecule has 1 N–H and O–H groups in total. The summed E-state index contributed by atoms with van der Waals surface area (Å²) in [7, 11) is 0. The quantitative estimate of drug-likeness (QED) is 0.808. The zero-order valence-corrected chi connectivity index (χ0v) is 13.2. The molecule has 0 aromatic heterocycles. The third kappa shape index (κ3) is 4.86. The van der Waals surface area contributed by atoms with Crippen LogP contribution < -0.4 is 4.72 Å². The number of amides is 1. The van der Waals surface area contributed by atoms with Gasteiger partial charge in [-0.05, 0) is 39.1 Å². The Kier molecular flexibility index (Phi) is 5.15. The first kappa shape index (κ1) is 15.4. The number of nitrogens with zero attached hydrogens (tertiary/aromatic N) is 2. The molecule has 1 fully saturated rings. The van der Waals surface area contributed by atoms with E-state index >= 15 is 0 Å². The number of morpholine rings is 1. The zero-order chi connectivity index (χ0) is 14.6. The number of carbonyl (C=O) groups is 1. The lowest BCUT2D eigenvalue weighted by Crippen LogP contribution is -2.47. The van der Waals surface area contributed by atoms with E-state index in [1.165, 1.54) is 0 Å². The molecule has 0 saturated carbocycles. The molecule has 0 spiro atoms. The topological polar surface area (TPSA) is 63.2 Å². The number of amidine groups is 1. The summed E-state index contributed by atoms with van der Waals surface area (Å²) in [5.41, 5.74) is -0.454. The fraction of sp³-hybridized carbons (Fsp3) is 0.846. The van der Waals surface area contributed by atoms with Gasteiger partial charge in [0.05, 0.1) is 19.3 Å². The highest BCUT2D eigenvalue weighted by Crippen LogP contribution is 2.16. The predicted molar refractivity (Wildman–Crippen MR) is 79.8 cm³/mol. The molecule has 1 saturated heterocycles. The van der Waals surface area contributed by atoms with E-state index in [4.69, 9.17) is 9.47 Å². The van der Waals surface area contributed by atoms with E-state index in [9.17, 15) is 4.79 Å². The maximum Gasteiger partial charge on any atom is 0.410 e. The average Bonchev–Trinajstić information content (AvgIpc) is 2.88. The molecular weight excluding hydrogens is 278 g/mol. The summed E-state index contributed by atoms with van der Waals surface area (Å²) in [5.74, 6) is 1.80. The Morgan fingerprint density at radius 1 is 1.60 bits per heavy atom. The number of hydrogen-bond donors (Lipinski definition) is 1. The molecule has 20 heavy (non-hydrogen) atoms. The summed E-state index contributed by atoms with van der Waals surface area (Å²) in [6.07, 6.45) is 1.54. The van der Waals surface area contributed by atoms with Crippen molar-refractivity contribution < 1.29 is 14.3 Å². The van der Waals surface area contributed by atoms with Gasteiger partial charge in [-0.1, -0.05) is 0 Å². The molecule has 2 aliphatic rings. The van der Waals surface area contributed by atoms with Crippen LogP contribution in [0.3, 0.4) is 0 Å².